The number of hydrogen-bond donors (Lipinski definition) is 0. The van der Waals surface area contributed by atoms with Gasteiger partial charge in [-0.05, 0) is 60.5 Å². The molecule has 3 aromatic rings. The smallest absolute Gasteiger partial charge is 0.282 e. The summed E-state index contributed by atoms with van der Waals surface area (Å²) >= 11 is 7.68. The monoisotopic (exact) mass is 434 g/mol. The van der Waals surface area contributed by atoms with Crippen molar-refractivity contribution in [3.8, 4) is 0 Å². The summed E-state index contributed by atoms with van der Waals surface area (Å²) in [4.78, 5) is 31.5. The lowest BCUT2D eigenvalue weighted by Crippen LogP contribution is -2.37. The number of anilines is 2. The zero-order chi connectivity index (χ0) is 20.8. The third-order valence-corrected chi connectivity index (χ3v) is 6.74. The second-order valence-corrected chi connectivity index (χ2v) is 8.85. The summed E-state index contributed by atoms with van der Waals surface area (Å²) in [5, 5.41) is 2.42. The summed E-state index contributed by atoms with van der Waals surface area (Å²) in [7, 11) is 0. The van der Waals surface area contributed by atoms with Gasteiger partial charge in [-0.2, -0.15) is 0 Å². The lowest BCUT2D eigenvalue weighted by atomic mass is 10.00. The normalized spacial score (nSPS) is 16.5. The van der Waals surface area contributed by atoms with Gasteiger partial charge >= 0.3 is 0 Å². The molecule has 0 saturated carbocycles. The molecule has 3 heterocycles. The van der Waals surface area contributed by atoms with Gasteiger partial charge in [0.05, 0.1) is 11.3 Å². The number of nitrogens with zero attached hydrogens (tertiary/aromatic N) is 2. The van der Waals surface area contributed by atoms with Gasteiger partial charge in [0.25, 0.3) is 11.8 Å². The molecule has 0 radical (unpaired) electrons. The number of para-hydroxylation sites is 1. The second-order valence-electron chi connectivity index (χ2n) is 7.46. The molecule has 2 aromatic carbocycles. The van der Waals surface area contributed by atoms with Crippen molar-refractivity contribution in [2.75, 3.05) is 16.3 Å². The van der Waals surface area contributed by atoms with E-state index < -0.39 is 0 Å². The Morgan fingerprint density at radius 1 is 0.967 bits per heavy atom. The number of benzene rings is 2. The lowest BCUT2D eigenvalue weighted by Gasteiger charge is -2.32. The van der Waals surface area contributed by atoms with E-state index in [2.05, 4.69) is 6.07 Å². The van der Waals surface area contributed by atoms with E-state index in [1.165, 1.54) is 21.8 Å². The minimum Gasteiger partial charge on any atom is -0.336 e. The Labute approximate surface area is 184 Å². The Morgan fingerprint density at radius 3 is 2.60 bits per heavy atom. The first-order valence-corrected chi connectivity index (χ1v) is 11.1. The van der Waals surface area contributed by atoms with Crippen LogP contribution in [-0.4, -0.2) is 18.4 Å². The Kier molecular flexibility index (Phi) is 4.72. The van der Waals surface area contributed by atoms with Crippen molar-refractivity contribution < 1.29 is 9.59 Å². The summed E-state index contributed by atoms with van der Waals surface area (Å²) in [5.74, 6) is -0.601. The largest absolute Gasteiger partial charge is 0.336 e. The van der Waals surface area contributed by atoms with Gasteiger partial charge in [0.15, 0.2) is 0 Å². The maximum atomic E-state index is 13.8. The van der Waals surface area contributed by atoms with E-state index in [0.29, 0.717) is 28.5 Å². The van der Waals surface area contributed by atoms with Gasteiger partial charge in [-0.15, -0.1) is 11.3 Å². The number of amides is 2. The van der Waals surface area contributed by atoms with Crippen molar-refractivity contribution in [2.45, 2.75) is 19.8 Å². The van der Waals surface area contributed by atoms with E-state index in [-0.39, 0.29) is 11.8 Å². The van der Waals surface area contributed by atoms with Gasteiger partial charge < -0.3 is 4.90 Å². The molecular formula is C24H19ClN2O2S. The molecule has 6 heteroatoms. The molecule has 150 valence electrons. The maximum Gasteiger partial charge on any atom is 0.282 e. The zero-order valence-electron chi connectivity index (χ0n) is 16.4. The van der Waals surface area contributed by atoms with Gasteiger partial charge in [0.2, 0.25) is 0 Å². The Bertz CT molecular complexity index is 1200. The van der Waals surface area contributed by atoms with E-state index in [1.807, 2.05) is 53.6 Å². The molecule has 0 bridgehead atoms. The van der Waals surface area contributed by atoms with Crippen LogP contribution >= 0.6 is 22.9 Å². The summed E-state index contributed by atoms with van der Waals surface area (Å²) in [5.41, 5.74) is 4.47. The highest BCUT2D eigenvalue weighted by Crippen LogP contribution is 2.41. The van der Waals surface area contributed by atoms with Gasteiger partial charge in [0, 0.05) is 22.1 Å². The molecule has 5 rings (SSSR count). The number of carbonyl (C=O) groups excluding carboxylic acids is 2. The van der Waals surface area contributed by atoms with Crippen molar-refractivity contribution in [1.82, 2.24) is 0 Å². The topological polar surface area (TPSA) is 40.6 Å². The molecule has 0 spiro atoms. The van der Waals surface area contributed by atoms with E-state index in [1.54, 1.807) is 12.1 Å². The fourth-order valence-corrected chi connectivity index (χ4v) is 5.15. The molecule has 0 unspecified atom stereocenters. The number of fused-ring (bicyclic) bond motifs is 1. The van der Waals surface area contributed by atoms with Crippen LogP contribution in [0.3, 0.4) is 0 Å². The molecule has 30 heavy (non-hydrogen) atoms. The van der Waals surface area contributed by atoms with Gasteiger partial charge in [0.1, 0.15) is 5.70 Å². The quantitative estimate of drug-likeness (QED) is 0.515. The van der Waals surface area contributed by atoms with Crippen LogP contribution in [0.2, 0.25) is 5.02 Å². The number of hydrogen-bond acceptors (Lipinski definition) is 4. The highest BCUT2D eigenvalue weighted by molar-refractivity contribution is 7.11. The average Bonchev–Trinajstić information content (AvgIpc) is 3.36. The standard InChI is InChI=1S/C24H19ClN2O2S/c1-15-10-11-17(25)14-19(15)27-23(28)21(20-9-5-13-30-20)22(24(27)29)26-12-4-7-16-6-2-3-8-18(16)26/h2-3,5-6,8-11,13-14H,4,7,12H2,1H3. The number of rotatable bonds is 3. The van der Waals surface area contributed by atoms with Crippen LogP contribution in [0.1, 0.15) is 22.4 Å². The Hall–Kier alpha value is -2.89. The van der Waals surface area contributed by atoms with Gasteiger partial charge in [-0.3, -0.25) is 9.59 Å². The van der Waals surface area contributed by atoms with E-state index in [0.717, 1.165) is 29.0 Å². The summed E-state index contributed by atoms with van der Waals surface area (Å²) in [6, 6.07) is 17.2. The summed E-state index contributed by atoms with van der Waals surface area (Å²) in [6.07, 6.45) is 1.89. The summed E-state index contributed by atoms with van der Waals surface area (Å²) < 4.78 is 0. The minimum absolute atomic E-state index is 0.300. The van der Waals surface area contributed by atoms with E-state index >= 15 is 0 Å². The molecule has 0 N–H and O–H groups in total. The van der Waals surface area contributed by atoms with Crippen LogP contribution in [0.4, 0.5) is 11.4 Å². The predicted octanol–water partition coefficient (Wildman–Crippen LogP) is 5.45. The zero-order valence-corrected chi connectivity index (χ0v) is 18.0. The first kappa shape index (κ1) is 19.1. The molecule has 0 fully saturated rings. The van der Waals surface area contributed by atoms with Crippen molar-refractivity contribution >= 4 is 51.7 Å². The third kappa shape index (κ3) is 2.97. The van der Waals surface area contributed by atoms with Crippen molar-refractivity contribution in [3.63, 3.8) is 0 Å². The van der Waals surface area contributed by atoms with Crippen LogP contribution in [0.5, 0.6) is 0 Å². The first-order chi connectivity index (χ1) is 14.6. The SMILES string of the molecule is Cc1ccc(Cl)cc1N1C(=O)C(c2cccs2)=C(N2CCCc3ccccc32)C1=O. The first-order valence-electron chi connectivity index (χ1n) is 9.85. The van der Waals surface area contributed by atoms with Crippen molar-refractivity contribution in [1.29, 1.82) is 0 Å². The predicted molar refractivity (Wildman–Crippen MR) is 122 cm³/mol. The molecule has 0 atom stereocenters. The van der Waals surface area contributed by atoms with Crippen LogP contribution < -0.4 is 9.80 Å². The van der Waals surface area contributed by atoms with E-state index in [9.17, 15) is 9.59 Å². The van der Waals surface area contributed by atoms with Crippen molar-refractivity contribution in [2.24, 2.45) is 0 Å². The molecule has 2 aliphatic rings. The molecule has 0 aliphatic carbocycles. The third-order valence-electron chi connectivity index (χ3n) is 5.62. The fourth-order valence-electron chi connectivity index (χ4n) is 4.22. The highest BCUT2D eigenvalue weighted by atomic mass is 35.5. The molecule has 2 amide bonds. The number of halogens is 1. The average molecular weight is 435 g/mol. The summed E-state index contributed by atoms with van der Waals surface area (Å²) in [6.45, 7) is 2.58. The highest BCUT2D eigenvalue weighted by Gasteiger charge is 2.44. The van der Waals surface area contributed by atoms with Crippen LogP contribution in [0.25, 0.3) is 5.57 Å². The molecule has 4 nitrogen and oxygen atoms in total. The number of imide groups is 1. The van der Waals surface area contributed by atoms with E-state index in [4.69, 9.17) is 11.6 Å². The van der Waals surface area contributed by atoms with Gasteiger partial charge in [-0.25, -0.2) is 4.90 Å². The molecule has 2 aliphatic heterocycles. The van der Waals surface area contributed by atoms with Crippen molar-refractivity contribution in [3.05, 3.63) is 86.7 Å². The van der Waals surface area contributed by atoms with Crippen LogP contribution in [-0.2, 0) is 16.0 Å². The maximum absolute atomic E-state index is 13.8. The minimum atomic E-state index is -0.300. The number of thiophene rings is 1. The lowest BCUT2D eigenvalue weighted by molar-refractivity contribution is -0.120. The Morgan fingerprint density at radius 2 is 1.80 bits per heavy atom. The number of carbonyl (C=O) groups is 2. The Balaban J connectivity index is 1.70. The van der Waals surface area contributed by atoms with Crippen LogP contribution in [0, 0.1) is 6.92 Å². The fraction of sp³-hybridized carbons (Fsp3) is 0.167. The van der Waals surface area contributed by atoms with Crippen LogP contribution in [0.15, 0.2) is 65.7 Å². The molecule has 1 aromatic heterocycles. The van der Waals surface area contributed by atoms with Gasteiger partial charge in [-0.1, -0.05) is 41.9 Å². The molecule has 0 saturated heterocycles. The number of aryl methyl sites for hydroxylation is 2. The second kappa shape index (κ2) is 7.42. The molecular weight excluding hydrogens is 416 g/mol.